The molecule has 17 heavy (non-hydrogen) atoms. The molecule has 0 aromatic carbocycles. The number of hydrogen-bond acceptors (Lipinski definition) is 3. The number of aromatic nitrogens is 2. The Bertz CT molecular complexity index is 310. The second-order valence-electron chi connectivity index (χ2n) is 4.29. The summed E-state index contributed by atoms with van der Waals surface area (Å²) in [7, 11) is 1.73. The van der Waals surface area contributed by atoms with Gasteiger partial charge >= 0.3 is 0 Å². The fourth-order valence-electron chi connectivity index (χ4n) is 1.93. The van der Waals surface area contributed by atoms with Crippen molar-refractivity contribution < 1.29 is 4.74 Å². The normalized spacial score (nSPS) is 11.0. The summed E-state index contributed by atoms with van der Waals surface area (Å²) in [6.45, 7) is 7.98. The Kier molecular flexibility index (Phi) is 6.89. The summed E-state index contributed by atoms with van der Waals surface area (Å²) in [5.74, 6) is 0. The fourth-order valence-corrected chi connectivity index (χ4v) is 1.93. The zero-order valence-electron chi connectivity index (χ0n) is 11.3. The van der Waals surface area contributed by atoms with Gasteiger partial charge in [-0.15, -0.1) is 0 Å². The van der Waals surface area contributed by atoms with E-state index in [1.54, 1.807) is 7.11 Å². The maximum absolute atomic E-state index is 4.98. The van der Waals surface area contributed by atoms with Gasteiger partial charge in [0.15, 0.2) is 0 Å². The number of nitrogens with zero attached hydrogens (tertiary/aromatic N) is 2. The Hall–Kier alpha value is -0.870. The molecule has 1 heterocycles. The summed E-state index contributed by atoms with van der Waals surface area (Å²) in [5.41, 5.74) is 2.49. The van der Waals surface area contributed by atoms with E-state index in [1.165, 1.54) is 18.5 Å². The molecule has 4 heteroatoms. The van der Waals surface area contributed by atoms with Gasteiger partial charge in [-0.2, -0.15) is 5.10 Å². The van der Waals surface area contributed by atoms with Crippen molar-refractivity contribution in [2.75, 3.05) is 26.8 Å². The maximum Gasteiger partial charge on any atom is 0.0596 e. The summed E-state index contributed by atoms with van der Waals surface area (Å²) in [6.07, 6.45) is 3.55. The number of rotatable bonds is 9. The van der Waals surface area contributed by atoms with Crippen LogP contribution in [-0.4, -0.2) is 36.6 Å². The van der Waals surface area contributed by atoms with Crippen molar-refractivity contribution in [3.8, 4) is 0 Å². The van der Waals surface area contributed by atoms with Crippen molar-refractivity contribution in [1.82, 2.24) is 15.1 Å². The van der Waals surface area contributed by atoms with E-state index in [9.17, 15) is 0 Å². The Morgan fingerprint density at radius 3 is 2.88 bits per heavy atom. The van der Waals surface area contributed by atoms with Gasteiger partial charge in [-0.1, -0.05) is 0 Å². The van der Waals surface area contributed by atoms with Crippen LogP contribution >= 0.6 is 0 Å². The third-order valence-corrected chi connectivity index (χ3v) is 2.80. The van der Waals surface area contributed by atoms with E-state index in [1.807, 2.05) is 0 Å². The molecule has 0 atom stereocenters. The number of unbranched alkanes of at least 4 members (excludes halogenated alkanes) is 1. The van der Waals surface area contributed by atoms with Crippen LogP contribution in [-0.2, 0) is 17.7 Å². The Morgan fingerprint density at radius 1 is 1.35 bits per heavy atom. The molecule has 0 saturated heterocycles. The zero-order chi connectivity index (χ0) is 12.5. The lowest BCUT2D eigenvalue weighted by atomic mass is 10.2. The molecule has 0 aliphatic rings. The molecule has 1 rings (SSSR count). The molecule has 1 N–H and O–H groups in total. The molecule has 0 saturated carbocycles. The molecule has 0 amide bonds. The molecule has 0 spiro atoms. The first-order valence-corrected chi connectivity index (χ1v) is 6.51. The monoisotopic (exact) mass is 239 g/mol. The molecule has 0 fully saturated rings. The van der Waals surface area contributed by atoms with E-state index in [0.29, 0.717) is 0 Å². The lowest BCUT2D eigenvalue weighted by molar-refractivity contribution is 0.199. The molecule has 0 bridgehead atoms. The number of hydrogen-bond donors (Lipinski definition) is 1. The summed E-state index contributed by atoms with van der Waals surface area (Å²) < 4.78 is 7.08. The Morgan fingerprint density at radius 2 is 2.18 bits per heavy atom. The van der Waals surface area contributed by atoms with E-state index in [0.717, 1.165) is 38.4 Å². The van der Waals surface area contributed by atoms with Gasteiger partial charge in [0, 0.05) is 25.9 Å². The van der Waals surface area contributed by atoms with Crippen LogP contribution in [0.1, 0.15) is 31.2 Å². The van der Waals surface area contributed by atoms with Crippen LogP contribution in [0, 0.1) is 6.92 Å². The first-order chi connectivity index (χ1) is 8.27. The van der Waals surface area contributed by atoms with E-state index in [-0.39, 0.29) is 0 Å². The van der Waals surface area contributed by atoms with Gasteiger partial charge in [0.1, 0.15) is 0 Å². The van der Waals surface area contributed by atoms with Gasteiger partial charge in [-0.25, -0.2) is 0 Å². The third kappa shape index (κ3) is 5.33. The molecule has 0 unspecified atom stereocenters. The number of nitrogens with one attached hydrogen (secondary N) is 1. The molecule has 0 radical (unpaired) electrons. The minimum absolute atomic E-state index is 0.793. The van der Waals surface area contributed by atoms with Crippen molar-refractivity contribution in [3.63, 3.8) is 0 Å². The lowest BCUT2D eigenvalue weighted by Gasteiger charge is -2.05. The highest BCUT2D eigenvalue weighted by atomic mass is 16.5. The van der Waals surface area contributed by atoms with Crippen LogP contribution in [0.4, 0.5) is 0 Å². The van der Waals surface area contributed by atoms with Gasteiger partial charge in [0.2, 0.25) is 0 Å². The van der Waals surface area contributed by atoms with Gasteiger partial charge < -0.3 is 10.1 Å². The quantitative estimate of drug-likeness (QED) is 0.668. The van der Waals surface area contributed by atoms with Gasteiger partial charge in [-0.3, -0.25) is 4.68 Å². The van der Waals surface area contributed by atoms with Gasteiger partial charge in [-0.05, 0) is 45.7 Å². The van der Waals surface area contributed by atoms with Crippen molar-refractivity contribution in [3.05, 3.63) is 17.5 Å². The molecule has 4 nitrogen and oxygen atoms in total. The van der Waals surface area contributed by atoms with E-state index >= 15 is 0 Å². The zero-order valence-corrected chi connectivity index (χ0v) is 11.3. The lowest BCUT2D eigenvalue weighted by Crippen LogP contribution is -2.20. The van der Waals surface area contributed by atoms with Crippen LogP contribution in [0.2, 0.25) is 0 Å². The smallest absolute Gasteiger partial charge is 0.0596 e. The molecule has 0 aliphatic carbocycles. The highest BCUT2D eigenvalue weighted by Gasteiger charge is 2.03. The third-order valence-electron chi connectivity index (χ3n) is 2.80. The first kappa shape index (κ1) is 14.2. The predicted octanol–water partition coefficient (Wildman–Crippen LogP) is 1.77. The van der Waals surface area contributed by atoms with Crippen molar-refractivity contribution in [2.24, 2.45) is 0 Å². The molecular weight excluding hydrogens is 214 g/mol. The summed E-state index contributed by atoms with van der Waals surface area (Å²) in [5, 5.41) is 7.81. The first-order valence-electron chi connectivity index (χ1n) is 6.51. The molecule has 1 aromatic rings. The molecule has 1 aromatic heterocycles. The van der Waals surface area contributed by atoms with Crippen molar-refractivity contribution in [2.45, 2.75) is 39.7 Å². The van der Waals surface area contributed by atoms with Crippen molar-refractivity contribution >= 4 is 0 Å². The van der Waals surface area contributed by atoms with Crippen LogP contribution in [0.25, 0.3) is 0 Å². The summed E-state index contributed by atoms with van der Waals surface area (Å²) in [4.78, 5) is 0. The van der Waals surface area contributed by atoms with Crippen molar-refractivity contribution in [1.29, 1.82) is 0 Å². The Labute approximate surface area is 104 Å². The average Bonchev–Trinajstić information content (AvgIpc) is 2.68. The standard InChI is InChI=1S/C13H25N3O/c1-4-16-13(11-12(2)15-16)7-5-6-8-14-9-10-17-3/h11,14H,4-10H2,1-3H3. The van der Waals surface area contributed by atoms with Crippen LogP contribution in [0.3, 0.4) is 0 Å². The molecule has 0 aliphatic heterocycles. The Balaban J connectivity index is 2.13. The number of ether oxygens (including phenoxy) is 1. The molecule has 98 valence electrons. The largest absolute Gasteiger partial charge is 0.383 e. The summed E-state index contributed by atoms with van der Waals surface area (Å²) in [6, 6.07) is 2.20. The minimum atomic E-state index is 0.793. The minimum Gasteiger partial charge on any atom is -0.383 e. The van der Waals surface area contributed by atoms with E-state index in [4.69, 9.17) is 4.74 Å². The SMILES string of the molecule is CCn1nc(C)cc1CCCCNCCOC. The fraction of sp³-hybridized carbons (Fsp3) is 0.769. The number of methoxy groups -OCH3 is 1. The summed E-state index contributed by atoms with van der Waals surface area (Å²) >= 11 is 0. The average molecular weight is 239 g/mol. The highest BCUT2D eigenvalue weighted by Crippen LogP contribution is 2.07. The maximum atomic E-state index is 4.98. The topological polar surface area (TPSA) is 39.1 Å². The highest BCUT2D eigenvalue weighted by molar-refractivity contribution is 5.08. The van der Waals surface area contributed by atoms with Crippen LogP contribution < -0.4 is 5.32 Å². The predicted molar refractivity (Wildman–Crippen MR) is 70.3 cm³/mol. The van der Waals surface area contributed by atoms with Gasteiger partial charge in [0.25, 0.3) is 0 Å². The van der Waals surface area contributed by atoms with Crippen LogP contribution in [0.5, 0.6) is 0 Å². The van der Waals surface area contributed by atoms with Crippen LogP contribution in [0.15, 0.2) is 6.07 Å². The van der Waals surface area contributed by atoms with Gasteiger partial charge in [0.05, 0.1) is 12.3 Å². The second kappa shape index (κ2) is 8.25. The second-order valence-corrected chi connectivity index (χ2v) is 4.29. The van der Waals surface area contributed by atoms with E-state index in [2.05, 4.69) is 35.0 Å². The number of aryl methyl sites for hydroxylation is 3. The van der Waals surface area contributed by atoms with E-state index < -0.39 is 0 Å². The molecular formula is C13H25N3O.